The van der Waals surface area contributed by atoms with Gasteiger partial charge in [-0.15, -0.1) is 0 Å². The number of ketones is 1. The molecular formula is C17H27BrN2O. The Morgan fingerprint density at radius 3 is 2.24 bits per heavy atom. The summed E-state index contributed by atoms with van der Waals surface area (Å²) in [5, 5.41) is 0. The minimum absolute atomic E-state index is 0.0954. The molecule has 0 aliphatic carbocycles. The van der Waals surface area contributed by atoms with Gasteiger partial charge in [0, 0.05) is 28.8 Å². The van der Waals surface area contributed by atoms with E-state index in [1.807, 2.05) is 12.1 Å². The number of benzene rings is 1. The lowest BCUT2D eigenvalue weighted by atomic mass is 10.1. The van der Waals surface area contributed by atoms with Crippen molar-refractivity contribution < 1.29 is 4.79 Å². The summed E-state index contributed by atoms with van der Waals surface area (Å²) in [7, 11) is 0. The maximum atomic E-state index is 11.5. The van der Waals surface area contributed by atoms with Gasteiger partial charge in [0.05, 0.1) is 0 Å². The number of carbonyl (C=O) groups is 1. The lowest BCUT2D eigenvalue weighted by Gasteiger charge is -2.25. The van der Waals surface area contributed by atoms with Gasteiger partial charge < -0.3 is 9.80 Å². The lowest BCUT2D eigenvalue weighted by Crippen LogP contribution is -2.30. The summed E-state index contributed by atoms with van der Waals surface area (Å²) >= 11 is 3.50. The third kappa shape index (κ3) is 5.44. The Kier molecular flexibility index (Phi) is 7.97. The van der Waals surface area contributed by atoms with E-state index >= 15 is 0 Å². The van der Waals surface area contributed by atoms with Gasteiger partial charge in [0.25, 0.3) is 0 Å². The minimum Gasteiger partial charge on any atom is -0.372 e. The smallest absolute Gasteiger partial charge is 0.160 e. The zero-order chi connectivity index (χ0) is 15.8. The lowest BCUT2D eigenvalue weighted by molar-refractivity contribution is 0.101. The highest BCUT2D eigenvalue weighted by molar-refractivity contribution is 9.10. The van der Waals surface area contributed by atoms with Crippen molar-refractivity contribution in [2.24, 2.45) is 0 Å². The molecule has 0 unspecified atom stereocenters. The molecule has 0 N–H and O–H groups in total. The number of Topliss-reactive ketones (excluding diaryl/α,β-unsaturated/α-hetero) is 1. The molecule has 0 heterocycles. The van der Waals surface area contributed by atoms with E-state index < -0.39 is 0 Å². The predicted octanol–water partition coefficient (Wildman–Crippen LogP) is 4.21. The summed E-state index contributed by atoms with van der Waals surface area (Å²) in [5.41, 5.74) is 1.92. The third-order valence-electron chi connectivity index (χ3n) is 3.88. The standard InChI is InChI=1S/C17H27BrN2O/c1-5-19(6-2)11-8-12-20(7-3)15-9-10-16(14(4)21)17(18)13-15/h9-10,13H,5-8,11-12H2,1-4H3. The topological polar surface area (TPSA) is 23.6 Å². The monoisotopic (exact) mass is 354 g/mol. The van der Waals surface area contributed by atoms with Crippen molar-refractivity contribution in [3.63, 3.8) is 0 Å². The van der Waals surface area contributed by atoms with E-state index in [2.05, 4.69) is 52.6 Å². The summed E-state index contributed by atoms with van der Waals surface area (Å²) in [6, 6.07) is 6.01. The zero-order valence-electron chi connectivity index (χ0n) is 13.7. The number of halogens is 1. The Morgan fingerprint density at radius 1 is 1.10 bits per heavy atom. The van der Waals surface area contributed by atoms with Crippen molar-refractivity contribution in [2.75, 3.05) is 37.6 Å². The summed E-state index contributed by atoms with van der Waals surface area (Å²) in [6.45, 7) is 13.6. The molecule has 0 fully saturated rings. The Balaban J connectivity index is 2.68. The first-order valence-corrected chi connectivity index (χ1v) is 8.60. The first kappa shape index (κ1) is 18.2. The minimum atomic E-state index is 0.0954. The van der Waals surface area contributed by atoms with E-state index in [9.17, 15) is 4.79 Å². The van der Waals surface area contributed by atoms with Crippen LogP contribution < -0.4 is 4.90 Å². The molecule has 0 spiro atoms. The maximum absolute atomic E-state index is 11.5. The Hall–Kier alpha value is -0.870. The van der Waals surface area contributed by atoms with Crippen LogP contribution in [0.3, 0.4) is 0 Å². The van der Waals surface area contributed by atoms with Crippen LogP contribution in [0.5, 0.6) is 0 Å². The fraction of sp³-hybridized carbons (Fsp3) is 0.588. The van der Waals surface area contributed by atoms with Crippen molar-refractivity contribution in [1.29, 1.82) is 0 Å². The fourth-order valence-corrected chi connectivity index (χ4v) is 3.13. The average molecular weight is 355 g/mol. The number of carbonyl (C=O) groups excluding carboxylic acids is 1. The highest BCUT2D eigenvalue weighted by atomic mass is 79.9. The summed E-state index contributed by atoms with van der Waals surface area (Å²) in [6.07, 6.45) is 1.15. The molecule has 3 nitrogen and oxygen atoms in total. The molecular weight excluding hydrogens is 328 g/mol. The van der Waals surface area contributed by atoms with E-state index in [0.29, 0.717) is 0 Å². The summed E-state index contributed by atoms with van der Waals surface area (Å²) in [5.74, 6) is 0.0954. The van der Waals surface area contributed by atoms with E-state index in [0.717, 1.165) is 49.2 Å². The van der Waals surface area contributed by atoms with Gasteiger partial charge in [-0.05, 0) is 74.0 Å². The van der Waals surface area contributed by atoms with Crippen LogP contribution in [-0.4, -0.2) is 43.4 Å². The molecule has 1 aromatic rings. The van der Waals surface area contributed by atoms with Gasteiger partial charge in [-0.2, -0.15) is 0 Å². The van der Waals surface area contributed by atoms with Crippen LogP contribution in [-0.2, 0) is 0 Å². The first-order valence-electron chi connectivity index (χ1n) is 7.81. The summed E-state index contributed by atoms with van der Waals surface area (Å²) in [4.78, 5) is 16.3. The normalized spacial score (nSPS) is 11.0. The van der Waals surface area contributed by atoms with Crippen molar-refractivity contribution in [2.45, 2.75) is 34.1 Å². The Labute approximate surface area is 137 Å². The largest absolute Gasteiger partial charge is 0.372 e. The Morgan fingerprint density at radius 2 is 1.76 bits per heavy atom. The molecule has 0 aliphatic rings. The zero-order valence-corrected chi connectivity index (χ0v) is 15.2. The van der Waals surface area contributed by atoms with Gasteiger partial charge in [0.2, 0.25) is 0 Å². The van der Waals surface area contributed by atoms with E-state index in [4.69, 9.17) is 0 Å². The fourth-order valence-electron chi connectivity index (χ4n) is 2.48. The van der Waals surface area contributed by atoms with Gasteiger partial charge in [-0.1, -0.05) is 13.8 Å². The van der Waals surface area contributed by atoms with Crippen LogP contribution in [0.25, 0.3) is 0 Å². The van der Waals surface area contributed by atoms with Gasteiger partial charge >= 0.3 is 0 Å². The second-order valence-electron chi connectivity index (χ2n) is 5.18. The van der Waals surface area contributed by atoms with Gasteiger partial charge in [0.15, 0.2) is 5.78 Å². The number of rotatable bonds is 9. The van der Waals surface area contributed by atoms with Crippen LogP contribution in [0.2, 0.25) is 0 Å². The quantitative estimate of drug-likeness (QED) is 0.620. The average Bonchev–Trinajstić information content (AvgIpc) is 2.47. The van der Waals surface area contributed by atoms with Crippen molar-refractivity contribution >= 4 is 27.4 Å². The van der Waals surface area contributed by atoms with Crippen molar-refractivity contribution in [1.82, 2.24) is 4.90 Å². The van der Waals surface area contributed by atoms with Crippen molar-refractivity contribution in [3.05, 3.63) is 28.2 Å². The molecule has 1 aromatic carbocycles. The highest BCUT2D eigenvalue weighted by Crippen LogP contribution is 2.24. The first-order chi connectivity index (χ1) is 10.0. The van der Waals surface area contributed by atoms with E-state index in [1.165, 1.54) is 5.69 Å². The van der Waals surface area contributed by atoms with Crippen molar-refractivity contribution in [3.8, 4) is 0 Å². The molecule has 21 heavy (non-hydrogen) atoms. The molecule has 0 bridgehead atoms. The predicted molar refractivity (Wildman–Crippen MR) is 94.4 cm³/mol. The molecule has 1 rings (SSSR count). The number of nitrogens with zero attached hydrogens (tertiary/aromatic N) is 2. The van der Waals surface area contributed by atoms with Gasteiger partial charge in [-0.3, -0.25) is 4.79 Å². The maximum Gasteiger partial charge on any atom is 0.160 e. The van der Waals surface area contributed by atoms with Crippen LogP contribution in [0.15, 0.2) is 22.7 Å². The summed E-state index contributed by atoms with van der Waals surface area (Å²) < 4.78 is 0.884. The molecule has 118 valence electrons. The van der Waals surface area contributed by atoms with Crippen LogP contribution in [0.4, 0.5) is 5.69 Å². The highest BCUT2D eigenvalue weighted by Gasteiger charge is 2.10. The Bertz CT molecular complexity index is 458. The van der Waals surface area contributed by atoms with Crippen LogP contribution >= 0.6 is 15.9 Å². The number of hydrogen-bond acceptors (Lipinski definition) is 3. The third-order valence-corrected chi connectivity index (χ3v) is 4.53. The number of hydrogen-bond donors (Lipinski definition) is 0. The molecule has 0 atom stereocenters. The van der Waals surface area contributed by atoms with E-state index in [1.54, 1.807) is 6.92 Å². The molecule has 0 radical (unpaired) electrons. The number of anilines is 1. The second kappa shape index (κ2) is 9.21. The van der Waals surface area contributed by atoms with Crippen LogP contribution in [0, 0.1) is 0 Å². The molecule has 0 saturated heterocycles. The molecule has 0 aliphatic heterocycles. The van der Waals surface area contributed by atoms with Gasteiger partial charge in [0.1, 0.15) is 0 Å². The molecule has 4 heteroatoms. The molecule has 0 saturated carbocycles. The van der Waals surface area contributed by atoms with Crippen LogP contribution in [0.1, 0.15) is 44.5 Å². The molecule has 0 amide bonds. The van der Waals surface area contributed by atoms with Gasteiger partial charge in [-0.25, -0.2) is 0 Å². The SMILES string of the molecule is CCN(CC)CCCN(CC)c1ccc(C(C)=O)c(Br)c1. The van der Waals surface area contributed by atoms with E-state index in [-0.39, 0.29) is 5.78 Å². The molecule has 0 aromatic heterocycles. The second-order valence-corrected chi connectivity index (χ2v) is 6.03.